The van der Waals surface area contributed by atoms with E-state index < -0.39 is 5.97 Å². The van der Waals surface area contributed by atoms with Crippen LogP contribution in [0.15, 0.2) is 42.6 Å². The van der Waals surface area contributed by atoms with Crippen LogP contribution in [0, 0.1) is 0 Å². The lowest BCUT2D eigenvalue weighted by Gasteiger charge is -2.10. The highest BCUT2D eigenvalue weighted by atomic mass is 16.5. The molecule has 6 nitrogen and oxygen atoms in total. The van der Waals surface area contributed by atoms with Gasteiger partial charge in [-0.15, -0.1) is 0 Å². The normalized spacial score (nSPS) is 10.1. The summed E-state index contributed by atoms with van der Waals surface area (Å²) in [5, 5.41) is 5.87. The molecular formula is C18H21N3O3. The summed E-state index contributed by atoms with van der Waals surface area (Å²) < 4.78 is 5.00. The van der Waals surface area contributed by atoms with Crippen LogP contribution in [0.4, 0.5) is 11.5 Å². The number of pyridine rings is 1. The van der Waals surface area contributed by atoms with Gasteiger partial charge in [0.2, 0.25) is 0 Å². The van der Waals surface area contributed by atoms with Gasteiger partial charge in [0.05, 0.1) is 23.4 Å². The third kappa shape index (κ3) is 4.55. The minimum Gasteiger partial charge on any atom is -0.462 e. The highest BCUT2D eigenvalue weighted by Crippen LogP contribution is 2.17. The van der Waals surface area contributed by atoms with Gasteiger partial charge in [-0.25, -0.2) is 9.78 Å². The lowest BCUT2D eigenvalue weighted by Crippen LogP contribution is -2.16. The second-order valence-corrected chi connectivity index (χ2v) is 5.08. The third-order valence-electron chi connectivity index (χ3n) is 3.25. The summed E-state index contributed by atoms with van der Waals surface area (Å²) in [4.78, 5) is 28.5. The molecule has 0 fully saturated rings. The molecule has 2 rings (SSSR count). The minimum absolute atomic E-state index is 0.275. The van der Waals surface area contributed by atoms with Crippen molar-refractivity contribution in [2.45, 2.75) is 20.3 Å². The van der Waals surface area contributed by atoms with Crippen molar-refractivity contribution in [3.63, 3.8) is 0 Å². The van der Waals surface area contributed by atoms with E-state index in [4.69, 9.17) is 4.74 Å². The molecule has 0 radical (unpaired) electrons. The molecule has 0 spiro atoms. The number of nitrogens with zero attached hydrogens (tertiary/aromatic N) is 1. The quantitative estimate of drug-likeness (QED) is 0.762. The molecule has 0 atom stereocenters. The van der Waals surface area contributed by atoms with Crippen molar-refractivity contribution >= 4 is 23.4 Å². The maximum absolute atomic E-state index is 12.3. The first-order chi connectivity index (χ1) is 11.7. The molecule has 0 bridgehead atoms. The van der Waals surface area contributed by atoms with Gasteiger partial charge in [0.25, 0.3) is 5.91 Å². The Bertz CT molecular complexity index is 699. The first-order valence-electron chi connectivity index (χ1n) is 7.93. The van der Waals surface area contributed by atoms with Crippen LogP contribution in [-0.4, -0.2) is 30.0 Å². The number of nitrogens with one attached hydrogen (secondary N) is 2. The summed E-state index contributed by atoms with van der Waals surface area (Å²) in [6.45, 7) is 4.90. The topological polar surface area (TPSA) is 80.3 Å². The van der Waals surface area contributed by atoms with Gasteiger partial charge < -0.3 is 15.4 Å². The molecule has 0 aliphatic rings. The van der Waals surface area contributed by atoms with Crippen LogP contribution in [0.5, 0.6) is 0 Å². The maximum Gasteiger partial charge on any atom is 0.340 e. The van der Waals surface area contributed by atoms with E-state index in [-0.39, 0.29) is 12.5 Å². The van der Waals surface area contributed by atoms with Crippen molar-refractivity contribution in [1.82, 2.24) is 4.98 Å². The number of aromatic nitrogens is 1. The van der Waals surface area contributed by atoms with E-state index in [0.717, 1.165) is 18.8 Å². The Labute approximate surface area is 141 Å². The number of carbonyl (C=O) groups is 2. The fourth-order valence-electron chi connectivity index (χ4n) is 2.06. The SMILES string of the molecule is CCCNc1ccc(C(=O)Nc2ccccc2C(=O)OCC)cn1. The largest absolute Gasteiger partial charge is 0.462 e. The van der Waals surface area contributed by atoms with Crippen molar-refractivity contribution in [2.75, 3.05) is 23.8 Å². The molecule has 1 amide bonds. The zero-order valence-corrected chi connectivity index (χ0v) is 13.8. The lowest BCUT2D eigenvalue weighted by atomic mass is 10.1. The van der Waals surface area contributed by atoms with Crippen molar-refractivity contribution < 1.29 is 14.3 Å². The number of rotatable bonds is 7. The van der Waals surface area contributed by atoms with Crippen LogP contribution in [0.3, 0.4) is 0 Å². The molecule has 0 aliphatic heterocycles. The van der Waals surface area contributed by atoms with Crippen LogP contribution in [-0.2, 0) is 4.74 Å². The molecule has 0 aliphatic carbocycles. The van der Waals surface area contributed by atoms with Gasteiger partial charge in [-0.2, -0.15) is 0 Å². The van der Waals surface area contributed by atoms with Gasteiger partial charge in [0.1, 0.15) is 5.82 Å². The van der Waals surface area contributed by atoms with E-state index in [1.54, 1.807) is 43.3 Å². The van der Waals surface area contributed by atoms with E-state index in [0.29, 0.717) is 16.8 Å². The van der Waals surface area contributed by atoms with Gasteiger partial charge >= 0.3 is 5.97 Å². The third-order valence-corrected chi connectivity index (χ3v) is 3.25. The Morgan fingerprint density at radius 2 is 1.92 bits per heavy atom. The summed E-state index contributed by atoms with van der Waals surface area (Å²) in [5.41, 5.74) is 1.15. The smallest absolute Gasteiger partial charge is 0.340 e. The van der Waals surface area contributed by atoms with Gasteiger partial charge in [-0.1, -0.05) is 19.1 Å². The fraction of sp³-hybridized carbons (Fsp3) is 0.278. The molecule has 24 heavy (non-hydrogen) atoms. The highest BCUT2D eigenvalue weighted by Gasteiger charge is 2.15. The van der Waals surface area contributed by atoms with E-state index in [1.165, 1.54) is 6.20 Å². The molecular weight excluding hydrogens is 306 g/mol. The monoisotopic (exact) mass is 327 g/mol. The number of esters is 1. The molecule has 126 valence electrons. The average Bonchev–Trinajstić information content (AvgIpc) is 2.61. The second kappa shape index (κ2) is 8.67. The van der Waals surface area contributed by atoms with Crippen molar-refractivity contribution in [3.05, 3.63) is 53.7 Å². The Kier molecular flexibility index (Phi) is 6.31. The van der Waals surface area contributed by atoms with Gasteiger partial charge in [-0.3, -0.25) is 4.79 Å². The Balaban J connectivity index is 2.11. The number of carbonyl (C=O) groups excluding carboxylic acids is 2. The maximum atomic E-state index is 12.3. The molecule has 1 heterocycles. The summed E-state index contributed by atoms with van der Waals surface area (Å²) in [6.07, 6.45) is 2.49. The van der Waals surface area contributed by atoms with Crippen LogP contribution in [0.25, 0.3) is 0 Å². The van der Waals surface area contributed by atoms with Crippen LogP contribution in [0.2, 0.25) is 0 Å². The van der Waals surface area contributed by atoms with E-state index in [9.17, 15) is 9.59 Å². The highest BCUT2D eigenvalue weighted by molar-refractivity contribution is 6.07. The molecule has 2 N–H and O–H groups in total. The fourth-order valence-corrected chi connectivity index (χ4v) is 2.06. The zero-order chi connectivity index (χ0) is 17.4. The standard InChI is InChI=1S/C18H21N3O3/c1-3-11-19-16-10-9-13(12-20-16)17(22)21-15-8-6-5-7-14(15)18(23)24-4-2/h5-10,12H,3-4,11H2,1-2H3,(H,19,20)(H,21,22). The number of hydrogen-bond donors (Lipinski definition) is 2. The van der Waals surface area contributed by atoms with Crippen LogP contribution < -0.4 is 10.6 Å². The number of benzene rings is 1. The van der Waals surface area contributed by atoms with Gasteiger partial charge in [0, 0.05) is 12.7 Å². The Morgan fingerprint density at radius 3 is 2.58 bits per heavy atom. The van der Waals surface area contributed by atoms with Gasteiger partial charge in [0.15, 0.2) is 0 Å². The van der Waals surface area contributed by atoms with E-state index in [1.807, 2.05) is 0 Å². The summed E-state index contributed by atoms with van der Waals surface area (Å²) in [5.74, 6) is -0.0766. The first-order valence-corrected chi connectivity index (χ1v) is 7.93. The first kappa shape index (κ1) is 17.5. The molecule has 6 heteroatoms. The summed E-state index contributed by atoms with van der Waals surface area (Å²) in [6, 6.07) is 10.2. The van der Waals surface area contributed by atoms with E-state index in [2.05, 4.69) is 22.5 Å². The lowest BCUT2D eigenvalue weighted by molar-refractivity contribution is 0.0527. The van der Waals surface area contributed by atoms with Crippen LogP contribution >= 0.6 is 0 Å². The molecule has 1 aromatic carbocycles. The molecule has 1 aromatic heterocycles. The number of para-hydroxylation sites is 1. The molecule has 0 saturated heterocycles. The number of ether oxygens (including phenoxy) is 1. The number of hydrogen-bond acceptors (Lipinski definition) is 5. The number of anilines is 2. The molecule has 0 unspecified atom stereocenters. The summed E-state index contributed by atoms with van der Waals surface area (Å²) in [7, 11) is 0. The Hall–Kier alpha value is -2.89. The minimum atomic E-state index is -0.467. The van der Waals surface area contributed by atoms with Crippen molar-refractivity contribution in [3.8, 4) is 0 Å². The zero-order valence-electron chi connectivity index (χ0n) is 13.8. The van der Waals surface area contributed by atoms with Gasteiger partial charge in [-0.05, 0) is 37.6 Å². The summed E-state index contributed by atoms with van der Waals surface area (Å²) >= 11 is 0. The predicted molar refractivity (Wildman–Crippen MR) is 93.4 cm³/mol. The van der Waals surface area contributed by atoms with Crippen molar-refractivity contribution in [2.24, 2.45) is 0 Å². The average molecular weight is 327 g/mol. The van der Waals surface area contributed by atoms with E-state index >= 15 is 0 Å². The van der Waals surface area contributed by atoms with Crippen molar-refractivity contribution in [1.29, 1.82) is 0 Å². The van der Waals surface area contributed by atoms with Crippen LogP contribution in [0.1, 0.15) is 41.0 Å². The molecule has 2 aromatic rings. The Morgan fingerprint density at radius 1 is 1.12 bits per heavy atom. The molecule has 0 saturated carbocycles. The number of amides is 1. The second-order valence-electron chi connectivity index (χ2n) is 5.08. The predicted octanol–water partition coefficient (Wildman–Crippen LogP) is 3.33.